The van der Waals surface area contributed by atoms with Crippen LogP contribution in [0, 0.1) is 13.8 Å². The van der Waals surface area contributed by atoms with Crippen LogP contribution in [0.25, 0.3) is 10.6 Å². The summed E-state index contributed by atoms with van der Waals surface area (Å²) in [6.45, 7) is 3.81. The van der Waals surface area contributed by atoms with Crippen molar-refractivity contribution in [3.05, 3.63) is 95.7 Å². The molecule has 168 valence electrons. The molecule has 6 nitrogen and oxygen atoms in total. The summed E-state index contributed by atoms with van der Waals surface area (Å²) in [5.41, 5.74) is 3.55. The van der Waals surface area contributed by atoms with Crippen LogP contribution in [0.4, 0.5) is 10.5 Å². The number of thiazole rings is 1. The van der Waals surface area contributed by atoms with Gasteiger partial charge in [0.25, 0.3) is 0 Å². The van der Waals surface area contributed by atoms with Gasteiger partial charge in [0, 0.05) is 11.3 Å². The molecule has 0 aliphatic carbocycles. The van der Waals surface area contributed by atoms with E-state index in [1.165, 1.54) is 4.90 Å². The first-order chi connectivity index (χ1) is 15.8. The van der Waals surface area contributed by atoms with Crippen LogP contribution >= 0.6 is 11.3 Å². The number of nitrogens with zero attached hydrogens (tertiary/aromatic N) is 2. The Balaban J connectivity index is 1.62. The minimum atomic E-state index is -3.67. The fourth-order valence-corrected chi connectivity index (χ4v) is 6.31. The third-order valence-corrected chi connectivity index (χ3v) is 8.76. The van der Waals surface area contributed by atoms with E-state index in [0.717, 1.165) is 28.0 Å². The summed E-state index contributed by atoms with van der Waals surface area (Å²) in [5, 5.41) is 10.2. The molecule has 0 aliphatic heterocycles. The lowest BCUT2D eigenvalue weighted by atomic mass is 10.1. The van der Waals surface area contributed by atoms with Crippen LogP contribution in [-0.4, -0.2) is 24.6 Å². The van der Waals surface area contributed by atoms with Crippen LogP contribution in [0.3, 0.4) is 0 Å². The highest BCUT2D eigenvalue weighted by Gasteiger charge is 2.24. The molecule has 4 rings (SSSR count). The van der Waals surface area contributed by atoms with Crippen molar-refractivity contribution in [2.45, 2.75) is 29.5 Å². The number of aryl methyl sites for hydroxylation is 2. The predicted octanol–water partition coefficient (Wildman–Crippen LogP) is 5.94. The number of benzene rings is 3. The van der Waals surface area contributed by atoms with Gasteiger partial charge in [-0.2, -0.15) is 0 Å². The van der Waals surface area contributed by atoms with Gasteiger partial charge in [-0.05, 0) is 55.8 Å². The zero-order valence-electron chi connectivity index (χ0n) is 18.1. The Morgan fingerprint density at radius 3 is 2.18 bits per heavy atom. The molecule has 0 spiro atoms. The van der Waals surface area contributed by atoms with Crippen molar-refractivity contribution in [2.24, 2.45) is 0 Å². The van der Waals surface area contributed by atoms with Crippen molar-refractivity contribution in [1.82, 2.24) is 4.98 Å². The lowest BCUT2D eigenvalue weighted by molar-refractivity contribution is 0.201. The second-order valence-corrected chi connectivity index (χ2v) is 10.8. The summed E-state index contributed by atoms with van der Waals surface area (Å²) in [6.07, 6.45) is -1.05. The fourth-order valence-electron chi connectivity index (χ4n) is 3.40. The van der Waals surface area contributed by atoms with Crippen molar-refractivity contribution < 1.29 is 18.3 Å². The number of hydrogen-bond acceptors (Lipinski definition) is 5. The zero-order valence-corrected chi connectivity index (χ0v) is 19.7. The van der Waals surface area contributed by atoms with Crippen molar-refractivity contribution >= 4 is 33.0 Å². The van der Waals surface area contributed by atoms with Crippen molar-refractivity contribution in [1.29, 1.82) is 0 Å². The molecule has 1 heterocycles. The van der Waals surface area contributed by atoms with Gasteiger partial charge in [-0.25, -0.2) is 18.2 Å². The van der Waals surface area contributed by atoms with Crippen LogP contribution in [0.15, 0.2) is 88.0 Å². The quantitative estimate of drug-likeness (QED) is 0.370. The SMILES string of the molecule is Cc1ccc(S(=O)(=O)c2sc(-c3ccc(N(Cc4ccccc4)C(=O)O)cc3)nc2C)cc1. The Hall–Kier alpha value is -3.49. The highest BCUT2D eigenvalue weighted by Crippen LogP contribution is 2.35. The summed E-state index contributed by atoms with van der Waals surface area (Å²) >= 11 is 1.11. The molecule has 0 fully saturated rings. The Bertz CT molecular complexity index is 1380. The first-order valence-electron chi connectivity index (χ1n) is 10.2. The topological polar surface area (TPSA) is 87.6 Å². The smallest absolute Gasteiger partial charge is 0.412 e. The molecular weight excluding hydrogens is 456 g/mol. The normalized spacial score (nSPS) is 11.3. The van der Waals surface area contributed by atoms with E-state index < -0.39 is 15.9 Å². The monoisotopic (exact) mass is 478 g/mol. The van der Waals surface area contributed by atoms with E-state index in [1.54, 1.807) is 55.5 Å². The van der Waals surface area contributed by atoms with Gasteiger partial charge in [-0.15, -0.1) is 11.3 Å². The van der Waals surface area contributed by atoms with Gasteiger partial charge < -0.3 is 5.11 Å². The predicted molar refractivity (Wildman–Crippen MR) is 130 cm³/mol. The average Bonchev–Trinajstić information content (AvgIpc) is 3.21. The van der Waals surface area contributed by atoms with Crippen molar-refractivity contribution in [2.75, 3.05) is 4.90 Å². The fraction of sp³-hybridized carbons (Fsp3) is 0.120. The summed E-state index contributed by atoms with van der Waals surface area (Å²) in [7, 11) is -3.67. The van der Waals surface area contributed by atoms with E-state index in [9.17, 15) is 18.3 Å². The van der Waals surface area contributed by atoms with E-state index in [4.69, 9.17) is 0 Å². The summed E-state index contributed by atoms with van der Waals surface area (Å²) in [5.74, 6) is 0. The Morgan fingerprint density at radius 2 is 1.58 bits per heavy atom. The standard InChI is InChI=1S/C25H22N2O4S2/c1-17-8-14-22(15-9-17)33(30,31)24-18(2)26-23(32-24)20-10-12-21(13-11-20)27(25(28)29)16-19-6-4-3-5-7-19/h3-15H,16H2,1-2H3,(H,28,29). The Labute approximate surface area is 196 Å². The van der Waals surface area contributed by atoms with Gasteiger partial charge in [-0.3, -0.25) is 4.90 Å². The first-order valence-corrected chi connectivity index (χ1v) is 12.5. The number of rotatable bonds is 6. The van der Waals surface area contributed by atoms with Gasteiger partial charge in [0.15, 0.2) is 0 Å². The summed E-state index contributed by atoms with van der Waals surface area (Å²) in [4.78, 5) is 17.8. The van der Waals surface area contributed by atoms with Gasteiger partial charge >= 0.3 is 6.09 Å². The molecule has 0 saturated carbocycles. The molecule has 1 N–H and O–H groups in total. The minimum Gasteiger partial charge on any atom is -0.465 e. The van der Waals surface area contributed by atoms with E-state index in [2.05, 4.69) is 4.98 Å². The third kappa shape index (κ3) is 4.81. The van der Waals surface area contributed by atoms with Gasteiger partial charge in [0.1, 0.15) is 9.22 Å². The maximum atomic E-state index is 13.1. The number of carboxylic acid groups (broad SMARTS) is 1. The second-order valence-electron chi connectivity index (χ2n) is 7.61. The number of amides is 1. The number of carbonyl (C=O) groups is 1. The third-order valence-electron chi connectivity index (χ3n) is 5.17. The highest BCUT2D eigenvalue weighted by molar-refractivity contribution is 7.93. The molecule has 0 atom stereocenters. The van der Waals surface area contributed by atoms with Gasteiger partial charge in [0.2, 0.25) is 9.84 Å². The second kappa shape index (κ2) is 9.17. The van der Waals surface area contributed by atoms with E-state index in [1.807, 2.05) is 37.3 Å². The number of anilines is 1. The molecule has 0 radical (unpaired) electrons. The maximum absolute atomic E-state index is 13.1. The molecule has 3 aromatic carbocycles. The van der Waals surface area contributed by atoms with Crippen LogP contribution < -0.4 is 4.90 Å². The molecule has 0 aliphatic rings. The highest BCUT2D eigenvalue weighted by atomic mass is 32.2. The summed E-state index contributed by atoms with van der Waals surface area (Å²) in [6, 6.07) is 23.0. The number of sulfone groups is 1. The summed E-state index contributed by atoms with van der Waals surface area (Å²) < 4.78 is 26.4. The molecule has 8 heteroatoms. The van der Waals surface area contributed by atoms with E-state index in [0.29, 0.717) is 16.4 Å². The number of hydrogen-bond donors (Lipinski definition) is 1. The van der Waals surface area contributed by atoms with Gasteiger partial charge in [0.05, 0.1) is 17.1 Å². The molecular formula is C25H22N2O4S2. The lowest BCUT2D eigenvalue weighted by Gasteiger charge is -2.19. The van der Waals surface area contributed by atoms with Crippen LogP contribution in [0.1, 0.15) is 16.8 Å². The van der Waals surface area contributed by atoms with Crippen LogP contribution in [0.5, 0.6) is 0 Å². The molecule has 4 aromatic rings. The Kier molecular flexibility index (Phi) is 6.31. The molecule has 0 bridgehead atoms. The average molecular weight is 479 g/mol. The van der Waals surface area contributed by atoms with Gasteiger partial charge in [-0.1, -0.05) is 48.0 Å². The van der Waals surface area contributed by atoms with Crippen LogP contribution in [0.2, 0.25) is 0 Å². The zero-order chi connectivity index (χ0) is 23.6. The van der Waals surface area contributed by atoms with Crippen molar-refractivity contribution in [3.63, 3.8) is 0 Å². The lowest BCUT2D eigenvalue weighted by Crippen LogP contribution is -2.28. The number of aromatic nitrogens is 1. The largest absolute Gasteiger partial charge is 0.465 e. The van der Waals surface area contributed by atoms with Crippen LogP contribution in [-0.2, 0) is 16.4 Å². The molecule has 0 saturated heterocycles. The molecule has 1 aromatic heterocycles. The van der Waals surface area contributed by atoms with E-state index >= 15 is 0 Å². The van der Waals surface area contributed by atoms with Crippen molar-refractivity contribution in [3.8, 4) is 10.6 Å². The molecule has 1 amide bonds. The Morgan fingerprint density at radius 1 is 0.939 bits per heavy atom. The maximum Gasteiger partial charge on any atom is 0.412 e. The minimum absolute atomic E-state index is 0.210. The first kappa shape index (κ1) is 22.7. The molecule has 0 unspecified atom stereocenters. The van der Waals surface area contributed by atoms with E-state index in [-0.39, 0.29) is 15.6 Å². The molecule has 33 heavy (non-hydrogen) atoms.